The van der Waals surface area contributed by atoms with Gasteiger partial charge < -0.3 is 9.88 Å². The Balaban J connectivity index is 2.04. The van der Waals surface area contributed by atoms with Gasteiger partial charge in [0.25, 0.3) is 0 Å². The van der Waals surface area contributed by atoms with Crippen LogP contribution in [0.4, 0.5) is 0 Å². The zero-order valence-electron chi connectivity index (χ0n) is 10.6. The van der Waals surface area contributed by atoms with Crippen LogP contribution in [-0.2, 0) is 13.1 Å². The van der Waals surface area contributed by atoms with Gasteiger partial charge in [0.15, 0.2) is 0 Å². The van der Waals surface area contributed by atoms with E-state index in [4.69, 9.17) is 0 Å². The second-order valence-electron chi connectivity index (χ2n) is 4.65. The lowest BCUT2D eigenvalue weighted by Crippen LogP contribution is -2.23. The van der Waals surface area contributed by atoms with Gasteiger partial charge in [0.05, 0.1) is 0 Å². The van der Waals surface area contributed by atoms with Gasteiger partial charge in [-0.15, -0.1) is 0 Å². The van der Waals surface area contributed by atoms with E-state index in [1.807, 2.05) is 0 Å². The molecule has 0 aliphatic heterocycles. The Hall–Kier alpha value is -1.54. The largest absolute Gasteiger partial charge is 0.346 e. The first-order valence-electron chi connectivity index (χ1n) is 6.17. The van der Waals surface area contributed by atoms with Gasteiger partial charge >= 0.3 is 0 Å². The summed E-state index contributed by atoms with van der Waals surface area (Å²) in [5, 5.41) is 3.45. The molecule has 0 unspecified atom stereocenters. The van der Waals surface area contributed by atoms with Crippen molar-refractivity contribution in [1.82, 2.24) is 9.88 Å². The SMILES string of the molecule is CC(C)NCc1cccn1Cc1ccccc1. The minimum Gasteiger partial charge on any atom is -0.346 e. The van der Waals surface area contributed by atoms with Gasteiger partial charge in [-0.25, -0.2) is 0 Å². The van der Waals surface area contributed by atoms with Crippen molar-refractivity contribution < 1.29 is 0 Å². The van der Waals surface area contributed by atoms with E-state index in [2.05, 4.69) is 72.4 Å². The molecule has 1 aromatic heterocycles. The summed E-state index contributed by atoms with van der Waals surface area (Å²) in [5.41, 5.74) is 2.68. The topological polar surface area (TPSA) is 17.0 Å². The zero-order valence-corrected chi connectivity index (χ0v) is 10.6. The van der Waals surface area contributed by atoms with Crippen LogP contribution in [0.25, 0.3) is 0 Å². The van der Waals surface area contributed by atoms with Crippen molar-refractivity contribution in [2.75, 3.05) is 0 Å². The molecule has 90 valence electrons. The molecule has 0 bridgehead atoms. The van der Waals surface area contributed by atoms with Crippen molar-refractivity contribution in [2.24, 2.45) is 0 Å². The van der Waals surface area contributed by atoms with E-state index < -0.39 is 0 Å². The number of nitrogens with one attached hydrogen (secondary N) is 1. The molecule has 0 aliphatic rings. The smallest absolute Gasteiger partial charge is 0.0473 e. The summed E-state index contributed by atoms with van der Waals surface area (Å²) in [6, 6.07) is 15.4. The van der Waals surface area contributed by atoms with Crippen molar-refractivity contribution in [3.63, 3.8) is 0 Å². The first-order chi connectivity index (χ1) is 8.25. The summed E-state index contributed by atoms with van der Waals surface area (Å²) in [4.78, 5) is 0. The molecule has 2 heteroatoms. The Labute approximate surface area is 103 Å². The van der Waals surface area contributed by atoms with Crippen LogP contribution in [0.1, 0.15) is 25.1 Å². The van der Waals surface area contributed by atoms with Gasteiger partial charge in [-0.2, -0.15) is 0 Å². The Morgan fingerprint density at radius 2 is 1.82 bits per heavy atom. The van der Waals surface area contributed by atoms with Crippen molar-refractivity contribution in [2.45, 2.75) is 33.0 Å². The standard InChI is InChI=1S/C15H20N2/c1-13(2)16-11-15-9-6-10-17(15)12-14-7-4-3-5-8-14/h3-10,13,16H,11-12H2,1-2H3. The molecular formula is C15H20N2. The second kappa shape index (κ2) is 5.69. The molecule has 0 amide bonds. The van der Waals surface area contributed by atoms with Gasteiger partial charge in [-0.3, -0.25) is 0 Å². The Morgan fingerprint density at radius 1 is 1.06 bits per heavy atom. The lowest BCUT2D eigenvalue weighted by molar-refractivity contribution is 0.564. The molecular weight excluding hydrogens is 208 g/mol. The fourth-order valence-electron chi connectivity index (χ4n) is 1.85. The van der Waals surface area contributed by atoms with E-state index in [0.29, 0.717) is 6.04 Å². The maximum Gasteiger partial charge on any atom is 0.0473 e. The van der Waals surface area contributed by atoms with Crippen LogP contribution in [-0.4, -0.2) is 10.6 Å². The molecule has 0 radical (unpaired) electrons. The first kappa shape index (κ1) is 11.9. The minimum atomic E-state index is 0.523. The van der Waals surface area contributed by atoms with Crippen LogP contribution < -0.4 is 5.32 Å². The Kier molecular flexibility index (Phi) is 3.99. The zero-order chi connectivity index (χ0) is 12.1. The first-order valence-corrected chi connectivity index (χ1v) is 6.17. The van der Waals surface area contributed by atoms with Crippen molar-refractivity contribution in [3.8, 4) is 0 Å². The van der Waals surface area contributed by atoms with Gasteiger partial charge in [0.2, 0.25) is 0 Å². The van der Waals surface area contributed by atoms with E-state index in [-0.39, 0.29) is 0 Å². The van der Waals surface area contributed by atoms with Crippen LogP contribution in [0.2, 0.25) is 0 Å². The average Bonchev–Trinajstić information content (AvgIpc) is 2.75. The summed E-state index contributed by atoms with van der Waals surface area (Å²) < 4.78 is 2.30. The van der Waals surface area contributed by atoms with Crippen LogP contribution in [0.15, 0.2) is 48.7 Å². The number of aromatic nitrogens is 1. The summed E-state index contributed by atoms with van der Waals surface area (Å²) in [5.74, 6) is 0. The van der Waals surface area contributed by atoms with Gasteiger partial charge in [0.1, 0.15) is 0 Å². The molecule has 2 nitrogen and oxygen atoms in total. The van der Waals surface area contributed by atoms with E-state index in [1.165, 1.54) is 11.3 Å². The van der Waals surface area contributed by atoms with E-state index in [0.717, 1.165) is 13.1 Å². The predicted octanol–water partition coefficient (Wildman–Crippen LogP) is 3.03. The molecule has 1 N–H and O–H groups in total. The number of rotatable bonds is 5. The Bertz CT molecular complexity index is 443. The predicted molar refractivity (Wildman–Crippen MR) is 72.0 cm³/mol. The summed E-state index contributed by atoms with van der Waals surface area (Å²) in [6.45, 7) is 6.22. The molecule has 0 aliphatic carbocycles. The summed E-state index contributed by atoms with van der Waals surface area (Å²) >= 11 is 0. The molecule has 1 aromatic carbocycles. The lowest BCUT2D eigenvalue weighted by atomic mass is 10.2. The fraction of sp³-hybridized carbons (Fsp3) is 0.333. The highest BCUT2D eigenvalue weighted by molar-refractivity contribution is 5.17. The quantitative estimate of drug-likeness (QED) is 0.832. The molecule has 1 heterocycles. The lowest BCUT2D eigenvalue weighted by Gasteiger charge is -2.12. The summed E-state index contributed by atoms with van der Waals surface area (Å²) in [7, 11) is 0. The van der Waals surface area contributed by atoms with E-state index in [9.17, 15) is 0 Å². The van der Waals surface area contributed by atoms with Crippen LogP contribution in [0, 0.1) is 0 Å². The molecule has 0 spiro atoms. The van der Waals surface area contributed by atoms with Crippen molar-refractivity contribution >= 4 is 0 Å². The van der Waals surface area contributed by atoms with Gasteiger partial charge in [-0.05, 0) is 17.7 Å². The van der Waals surface area contributed by atoms with Crippen molar-refractivity contribution in [3.05, 3.63) is 59.9 Å². The van der Waals surface area contributed by atoms with Gasteiger partial charge in [-0.1, -0.05) is 44.2 Å². The van der Waals surface area contributed by atoms with Crippen molar-refractivity contribution in [1.29, 1.82) is 0 Å². The molecule has 0 saturated heterocycles. The number of nitrogens with zero attached hydrogens (tertiary/aromatic N) is 1. The number of hydrogen-bond acceptors (Lipinski definition) is 1. The average molecular weight is 228 g/mol. The van der Waals surface area contributed by atoms with Crippen LogP contribution in [0.3, 0.4) is 0 Å². The van der Waals surface area contributed by atoms with Crippen LogP contribution in [0.5, 0.6) is 0 Å². The second-order valence-corrected chi connectivity index (χ2v) is 4.65. The molecule has 17 heavy (non-hydrogen) atoms. The highest BCUT2D eigenvalue weighted by Gasteiger charge is 2.02. The number of hydrogen-bond donors (Lipinski definition) is 1. The molecule has 0 fully saturated rings. The summed E-state index contributed by atoms with van der Waals surface area (Å²) in [6.07, 6.45) is 2.14. The monoisotopic (exact) mass is 228 g/mol. The third-order valence-electron chi connectivity index (χ3n) is 2.81. The molecule has 0 atom stereocenters. The molecule has 0 saturated carbocycles. The number of benzene rings is 1. The molecule has 2 rings (SSSR count). The third kappa shape index (κ3) is 3.46. The Morgan fingerprint density at radius 3 is 2.53 bits per heavy atom. The van der Waals surface area contributed by atoms with E-state index >= 15 is 0 Å². The van der Waals surface area contributed by atoms with Gasteiger partial charge in [0, 0.05) is 31.0 Å². The minimum absolute atomic E-state index is 0.523. The van der Waals surface area contributed by atoms with Crippen LogP contribution >= 0.6 is 0 Å². The molecule has 2 aromatic rings. The van der Waals surface area contributed by atoms with E-state index in [1.54, 1.807) is 0 Å². The normalized spacial score (nSPS) is 11.0. The highest BCUT2D eigenvalue weighted by Crippen LogP contribution is 2.07. The maximum atomic E-state index is 3.45. The highest BCUT2D eigenvalue weighted by atomic mass is 15.0. The fourth-order valence-corrected chi connectivity index (χ4v) is 1.85. The maximum absolute atomic E-state index is 3.45. The third-order valence-corrected chi connectivity index (χ3v) is 2.81.